The molecule has 0 radical (unpaired) electrons. The van der Waals surface area contributed by atoms with Crippen LogP contribution in [0.2, 0.25) is 0 Å². The molecule has 3 rings (SSSR count). The fourth-order valence-corrected chi connectivity index (χ4v) is 2.35. The van der Waals surface area contributed by atoms with Crippen molar-refractivity contribution in [2.24, 2.45) is 0 Å². The summed E-state index contributed by atoms with van der Waals surface area (Å²) in [5, 5.41) is 7.11. The maximum absolute atomic E-state index is 3.59. The van der Waals surface area contributed by atoms with Crippen molar-refractivity contribution in [1.82, 2.24) is 0 Å². The van der Waals surface area contributed by atoms with Crippen LogP contribution in [0.1, 0.15) is 17.2 Å². The maximum Gasteiger partial charge on any atom is 0.0687 e. The normalized spacial score (nSPS) is 17.8. The summed E-state index contributed by atoms with van der Waals surface area (Å²) in [7, 11) is 0. The Labute approximate surface area is 102 Å². The number of benzene rings is 2. The lowest BCUT2D eigenvalue weighted by atomic mass is 10.0. The van der Waals surface area contributed by atoms with Crippen molar-refractivity contribution in [2.45, 2.75) is 13.0 Å². The first-order valence-corrected chi connectivity index (χ1v) is 5.99. The van der Waals surface area contributed by atoms with Gasteiger partial charge in [-0.05, 0) is 24.1 Å². The second kappa shape index (κ2) is 4.13. The number of rotatable bonds is 1. The molecule has 2 heteroatoms. The van der Waals surface area contributed by atoms with Gasteiger partial charge in [0.2, 0.25) is 0 Å². The third kappa shape index (κ3) is 1.86. The van der Waals surface area contributed by atoms with E-state index in [1.54, 1.807) is 0 Å². The van der Waals surface area contributed by atoms with Crippen LogP contribution in [0, 0.1) is 6.92 Å². The predicted molar refractivity (Wildman–Crippen MR) is 72.5 cm³/mol. The Morgan fingerprint density at radius 1 is 1.00 bits per heavy atom. The highest BCUT2D eigenvalue weighted by Gasteiger charge is 2.18. The van der Waals surface area contributed by atoms with Crippen molar-refractivity contribution in [2.75, 3.05) is 17.2 Å². The summed E-state index contributed by atoms with van der Waals surface area (Å²) in [5.41, 5.74) is 5.05. The molecule has 0 aromatic heterocycles. The van der Waals surface area contributed by atoms with Gasteiger partial charge in [0.05, 0.1) is 17.4 Å². The second-order valence-corrected chi connectivity index (χ2v) is 4.49. The smallest absolute Gasteiger partial charge is 0.0687 e. The number of hydrogen-bond acceptors (Lipinski definition) is 2. The first-order valence-electron chi connectivity index (χ1n) is 5.99. The highest BCUT2D eigenvalue weighted by molar-refractivity contribution is 5.74. The van der Waals surface area contributed by atoms with Crippen LogP contribution in [0.5, 0.6) is 0 Å². The SMILES string of the molecule is Cc1cccc2c1NCC(c1ccccc1)N2. The van der Waals surface area contributed by atoms with Crippen LogP contribution in [0.4, 0.5) is 11.4 Å². The highest BCUT2D eigenvalue weighted by Crippen LogP contribution is 2.33. The van der Waals surface area contributed by atoms with Crippen molar-refractivity contribution in [1.29, 1.82) is 0 Å². The van der Waals surface area contributed by atoms with Gasteiger partial charge < -0.3 is 10.6 Å². The van der Waals surface area contributed by atoms with Gasteiger partial charge in [0.25, 0.3) is 0 Å². The minimum Gasteiger partial charge on any atom is -0.381 e. The van der Waals surface area contributed by atoms with E-state index in [4.69, 9.17) is 0 Å². The molecule has 1 aliphatic heterocycles. The molecule has 0 aliphatic carbocycles. The standard InChI is InChI=1S/C15H16N2/c1-11-6-5-9-13-15(11)16-10-14(17-13)12-7-3-2-4-8-12/h2-9,14,16-17H,10H2,1H3. The van der Waals surface area contributed by atoms with Gasteiger partial charge in [0.15, 0.2) is 0 Å². The molecule has 1 aliphatic rings. The number of anilines is 2. The van der Waals surface area contributed by atoms with Crippen molar-refractivity contribution < 1.29 is 0 Å². The van der Waals surface area contributed by atoms with E-state index in [9.17, 15) is 0 Å². The van der Waals surface area contributed by atoms with Crippen LogP contribution in [0.15, 0.2) is 48.5 Å². The van der Waals surface area contributed by atoms with Gasteiger partial charge in [-0.2, -0.15) is 0 Å². The van der Waals surface area contributed by atoms with Crippen molar-refractivity contribution in [3.8, 4) is 0 Å². The summed E-state index contributed by atoms with van der Waals surface area (Å²) in [6.07, 6.45) is 0. The Morgan fingerprint density at radius 2 is 1.82 bits per heavy atom. The molecule has 0 bridgehead atoms. The topological polar surface area (TPSA) is 24.1 Å². The second-order valence-electron chi connectivity index (χ2n) is 4.49. The van der Waals surface area contributed by atoms with Crippen LogP contribution < -0.4 is 10.6 Å². The van der Waals surface area contributed by atoms with E-state index in [-0.39, 0.29) is 0 Å². The zero-order chi connectivity index (χ0) is 11.7. The minimum atomic E-state index is 0.352. The van der Waals surface area contributed by atoms with Crippen LogP contribution in [0.25, 0.3) is 0 Å². The molecule has 1 atom stereocenters. The molecule has 1 heterocycles. The third-order valence-electron chi connectivity index (χ3n) is 3.29. The van der Waals surface area contributed by atoms with E-state index in [2.05, 4.69) is 66.1 Å². The Hall–Kier alpha value is -1.96. The number of fused-ring (bicyclic) bond motifs is 1. The molecule has 86 valence electrons. The highest BCUT2D eigenvalue weighted by atomic mass is 15.1. The summed E-state index contributed by atoms with van der Waals surface area (Å²) >= 11 is 0. The Kier molecular flexibility index (Phi) is 2.48. The van der Waals surface area contributed by atoms with E-state index in [1.165, 1.54) is 22.5 Å². The number of nitrogens with one attached hydrogen (secondary N) is 2. The first kappa shape index (κ1) is 10.2. The maximum atomic E-state index is 3.59. The summed E-state index contributed by atoms with van der Waals surface area (Å²) in [6.45, 7) is 3.07. The summed E-state index contributed by atoms with van der Waals surface area (Å²) in [6, 6.07) is 17.3. The van der Waals surface area contributed by atoms with Gasteiger partial charge >= 0.3 is 0 Å². The van der Waals surface area contributed by atoms with Crippen molar-refractivity contribution in [3.05, 3.63) is 59.7 Å². The number of hydrogen-bond donors (Lipinski definition) is 2. The predicted octanol–water partition coefficient (Wildman–Crippen LogP) is 3.57. The van der Waals surface area contributed by atoms with Crippen LogP contribution in [-0.2, 0) is 0 Å². The van der Waals surface area contributed by atoms with Gasteiger partial charge in [-0.1, -0.05) is 42.5 Å². The fraction of sp³-hybridized carbons (Fsp3) is 0.200. The summed E-state index contributed by atoms with van der Waals surface area (Å²) in [4.78, 5) is 0. The van der Waals surface area contributed by atoms with Gasteiger partial charge in [0.1, 0.15) is 0 Å². The van der Waals surface area contributed by atoms with E-state index >= 15 is 0 Å². The Morgan fingerprint density at radius 3 is 2.65 bits per heavy atom. The molecular weight excluding hydrogens is 208 g/mol. The minimum absolute atomic E-state index is 0.352. The average molecular weight is 224 g/mol. The Bertz CT molecular complexity index is 520. The average Bonchev–Trinajstić information content (AvgIpc) is 2.40. The molecule has 2 N–H and O–H groups in total. The molecule has 0 fully saturated rings. The monoisotopic (exact) mass is 224 g/mol. The quantitative estimate of drug-likeness (QED) is 0.773. The van der Waals surface area contributed by atoms with E-state index in [0.29, 0.717) is 6.04 Å². The van der Waals surface area contributed by atoms with Crippen LogP contribution in [0.3, 0.4) is 0 Å². The molecule has 2 aromatic carbocycles. The molecule has 17 heavy (non-hydrogen) atoms. The largest absolute Gasteiger partial charge is 0.381 e. The van der Waals surface area contributed by atoms with Crippen molar-refractivity contribution >= 4 is 11.4 Å². The summed E-state index contributed by atoms with van der Waals surface area (Å²) < 4.78 is 0. The molecule has 0 amide bonds. The molecule has 0 saturated heterocycles. The van der Waals surface area contributed by atoms with Gasteiger partial charge in [-0.15, -0.1) is 0 Å². The molecule has 1 unspecified atom stereocenters. The van der Waals surface area contributed by atoms with E-state index < -0.39 is 0 Å². The zero-order valence-corrected chi connectivity index (χ0v) is 9.90. The molecule has 0 spiro atoms. The molecule has 2 aromatic rings. The zero-order valence-electron chi connectivity index (χ0n) is 9.90. The Balaban J connectivity index is 1.91. The lowest BCUT2D eigenvalue weighted by Crippen LogP contribution is -2.26. The number of aryl methyl sites for hydroxylation is 1. The third-order valence-corrected chi connectivity index (χ3v) is 3.29. The van der Waals surface area contributed by atoms with Gasteiger partial charge in [0, 0.05) is 6.54 Å². The first-order chi connectivity index (χ1) is 8.34. The molecule has 2 nitrogen and oxygen atoms in total. The van der Waals surface area contributed by atoms with E-state index in [0.717, 1.165) is 6.54 Å². The molecular formula is C15H16N2. The fourth-order valence-electron chi connectivity index (χ4n) is 2.35. The van der Waals surface area contributed by atoms with Gasteiger partial charge in [-0.3, -0.25) is 0 Å². The van der Waals surface area contributed by atoms with Crippen LogP contribution in [-0.4, -0.2) is 6.54 Å². The summed E-state index contributed by atoms with van der Waals surface area (Å²) in [5.74, 6) is 0. The lowest BCUT2D eigenvalue weighted by molar-refractivity contribution is 0.802. The van der Waals surface area contributed by atoms with Crippen molar-refractivity contribution in [3.63, 3.8) is 0 Å². The van der Waals surface area contributed by atoms with Gasteiger partial charge in [-0.25, -0.2) is 0 Å². The molecule has 0 saturated carbocycles. The van der Waals surface area contributed by atoms with E-state index in [1.807, 2.05) is 0 Å². The van der Waals surface area contributed by atoms with Crippen LogP contribution >= 0.6 is 0 Å². The number of para-hydroxylation sites is 1. The lowest BCUT2D eigenvalue weighted by Gasteiger charge is -2.29.